The number of carbonyl (C=O) groups is 1. The fourth-order valence-corrected chi connectivity index (χ4v) is 1.26. The molecule has 0 aromatic heterocycles. The number of carbonyl (C=O) groups excluding carboxylic acids is 1. The second-order valence-corrected chi connectivity index (χ2v) is 3.53. The Labute approximate surface area is 69.7 Å². The lowest BCUT2D eigenvalue weighted by Gasteiger charge is -2.08. The van der Waals surface area contributed by atoms with E-state index < -0.39 is 16.5 Å². The van der Waals surface area contributed by atoms with Crippen molar-refractivity contribution < 1.29 is 13.9 Å². The molecular weight excluding hydrogens is 171 g/mol. The third kappa shape index (κ3) is 1.22. The van der Waals surface area contributed by atoms with Crippen molar-refractivity contribution in [1.29, 1.82) is 0 Å². The summed E-state index contributed by atoms with van der Waals surface area (Å²) in [6, 6.07) is 0. The van der Waals surface area contributed by atoms with Crippen molar-refractivity contribution in [2.45, 2.75) is 25.4 Å². The molecule has 2 atom stereocenters. The molecule has 0 bridgehead atoms. The summed E-state index contributed by atoms with van der Waals surface area (Å²) in [4.78, 5) is 11.0. The van der Waals surface area contributed by atoms with Crippen LogP contribution < -0.4 is 0 Å². The van der Waals surface area contributed by atoms with Crippen molar-refractivity contribution in [3.05, 3.63) is 0 Å². The molecule has 1 aliphatic rings. The van der Waals surface area contributed by atoms with E-state index >= 15 is 0 Å². The number of rotatable bonds is 2. The van der Waals surface area contributed by atoms with E-state index in [9.17, 15) is 9.18 Å². The Morgan fingerprint density at radius 2 is 2.27 bits per heavy atom. The smallest absolute Gasteiger partial charge is 0.316 e. The van der Waals surface area contributed by atoms with Crippen LogP contribution in [0.3, 0.4) is 0 Å². The van der Waals surface area contributed by atoms with E-state index in [1.165, 1.54) is 6.92 Å². The number of esters is 1. The summed E-state index contributed by atoms with van der Waals surface area (Å²) >= 11 is 5.31. The van der Waals surface area contributed by atoms with Gasteiger partial charge < -0.3 is 4.74 Å². The van der Waals surface area contributed by atoms with Crippen LogP contribution in [0.25, 0.3) is 0 Å². The zero-order valence-corrected chi connectivity index (χ0v) is 7.24. The van der Waals surface area contributed by atoms with Gasteiger partial charge in [0, 0.05) is 6.42 Å². The molecule has 11 heavy (non-hydrogen) atoms. The maximum atomic E-state index is 12.9. The third-order valence-electron chi connectivity index (χ3n) is 1.98. The van der Waals surface area contributed by atoms with Gasteiger partial charge in [-0.2, -0.15) is 0 Å². The summed E-state index contributed by atoms with van der Waals surface area (Å²) in [6.45, 7) is 3.41. The number of hydrogen-bond donors (Lipinski definition) is 0. The SMILES string of the molecule is CCOC(=O)C1(C)CC1(F)Cl. The monoisotopic (exact) mass is 180 g/mol. The highest BCUT2D eigenvalue weighted by Crippen LogP contribution is 2.62. The van der Waals surface area contributed by atoms with Crippen LogP contribution in [0.5, 0.6) is 0 Å². The molecule has 64 valence electrons. The van der Waals surface area contributed by atoms with Gasteiger partial charge in [-0.25, -0.2) is 4.39 Å². The molecule has 2 nitrogen and oxygen atoms in total. The fourth-order valence-electron chi connectivity index (χ4n) is 0.912. The van der Waals surface area contributed by atoms with E-state index in [1.54, 1.807) is 6.92 Å². The molecule has 0 aliphatic heterocycles. The van der Waals surface area contributed by atoms with Gasteiger partial charge in [0.2, 0.25) is 5.13 Å². The van der Waals surface area contributed by atoms with Crippen molar-refractivity contribution in [3.8, 4) is 0 Å². The second kappa shape index (κ2) is 2.34. The summed E-state index contributed by atoms with van der Waals surface area (Å²) in [5.41, 5.74) is -1.11. The molecule has 0 amide bonds. The topological polar surface area (TPSA) is 26.3 Å². The highest BCUT2D eigenvalue weighted by Gasteiger charge is 2.71. The van der Waals surface area contributed by atoms with Crippen LogP contribution in [-0.4, -0.2) is 17.7 Å². The van der Waals surface area contributed by atoms with Gasteiger partial charge in [-0.1, -0.05) is 11.6 Å². The lowest BCUT2D eigenvalue weighted by molar-refractivity contribution is -0.150. The fraction of sp³-hybridized carbons (Fsp3) is 0.857. The highest BCUT2D eigenvalue weighted by atomic mass is 35.5. The molecule has 0 radical (unpaired) electrons. The molecule has 1 saturated carbocycles. The molecular formula is C7H10ClFO2. The van der Waals surface area contributed by atoms with Gasteiger partial charge in [0.05, 0.1) is 6.61 Å². The first-order valence-electron chi connectivity index (χ1n) is 3.49. The first-order chi connectivity index (χ1) is 4.94. The molecule has 1 aliphatic carbocycles. The average molecular weight is 181 g/mol. The zero-order valence-electron chi connectivity index (χ0n) is 6.49. The Balaban J connectivity index is 2.57. The van der Waals surface area contributed by atoms with Crippen molar-refractivity contribution in [3.63, 3.8) is 0 Å². The van der Waals surface area contributed by atoms with Crippen molar-refractivity contribution in [1.82, 2.24) is 0 Å². The van der Waals surface area contributed by atoms with Crippen LogP contribution in [0.4, 0.5) is 4.39 Å². The van der Waals surface area contributed by atoms with Gasteiger partial charge in [-0.15, -0.1) is 0 Å². The molecule has 0 aromatic rings. The average Bonchev–Trinajstić information content (AvgIpc) is 2.35. The van der Waals surface area contributed by atoms with E-state index in [0.29, 0.717) is 0 Å². The van der Waals surface area contributed by atoms with E-state index in [1.807, 2.05) is 0 Å². The number of ether oxygens (including phenoxy) is 1. The zero-order chi connectivity index (χ0) is 8.70. The minimum atomic E-state index is -1.88. The molecule has 4 heteroatoms. The van der Waals surface area contributed by atoms with E-state index in [4.69, 9.17) is 11.6 Å². The number of hydrogen-bond acceptors (Lipinski definition) is 2. The Bertz CT molecular complexity index is 193. The Hall–Kier alpha value is -0.310. The van der Waals surface area contributed by atoms with Crippen molar-refractivity contribution in [2.75, 3.05) is 6.61 Å². The van der Waals surface area contributed by atoms with Gasteiger partial charge in [0.15, 0.2) is 0 Å². The van der Waals surface area contributed by atoms with Gasteiger partial charge in [0.25, 0.3) is 0 Å². The predicted molar refractivity (Wildman–Crippen MR) is 39.0 cm³/mol. The van der Waals surface area contributed by atoms with Gasteiger partial charge >= 0.3 is 5.97 Å². The lowest BCUT2D eigenvalue weighted by atomic mass is 10.1. The lowest BCUT2D eigenvalue weighted by Crippen LogP contribution is -2.21. The van der Waals surface area contributed by atoms with E-state index in [2.05, 4.69) is 4.74 Å². The molecule has 0 spiro atoms. The largest absolute Gasteiger partial charge is 0.465 e. The third-order valence-corrected chi connectivity index (χ3v) is 2.53. The van der Waals surface area contributed by atoms with Gasteiger partial charge in [0.1, 0.15) is 5.41 Å². The molecule has 1 fully saturated rings. The molecule has 0 heterocycles. The molecule has 0 aromatic carbocycles. The van der Waals surface area contributed by atoms with Crippen LogP contribution in [0.15, 0.2) is 0 Å². The van der Waals surface area contributed by atoms with Crippen LogP contribution >= 0.6 is 11.6 Å². The normalized spacial score (nSPS) is 41.8. The van der Waals surface area contributed by atoms with E-state index in [-0.39, 0.29) is 13.0 Å². The quantitative estimate of drug-likeness (QED) is 0.479. The Morgan fingerprint density at radius 3 is 2.55 bits per heavy atom. The standard InChI is InChI=1S/C7H10ClFO2/c1-3-11-5(10)6(2)4-7(6,8)9/h3-4H2,1-2H3. The molecule has 1 rings (SSSR count). The van der Waals surface area contributed by atoms with Crippen molar-refractivity contribution >= 4 is 17.6 Å². The van der Waals surface area contributed by atoms with Crippen LogP contribution in [-0.2, 0) is 9.53 Å². The minimum Gasteiger partial charge on any atom is -0.465 e. The first-order valence-corrected chi connectivity index (χ1v) is 3.87. The highest BCUT2D eigenvalue weighted by molar-refractivity contribution is 6.27. The summed E-state index contributed by atoms with van der Waals surface area (Å²) in [5, 5.41) is -1.88. The Kier molecular flexibility index (Phi) is 1.87. The maximum absolute atomic E-state index is 12.9. The minimum absolute atomic E-state index is 0.0559. The summed E-state index contributed by atoms with van der Waals surface area (Å²) in [7, 11) is 0. The maximum Gasteiger partial charge on any atom is 0.316 e. The van der Waals surface area contributed by atoms with Gasteiger partial charge in [-0.3, -0.25) is 4.79 Å². The molecule has 0 saturated heterocycles. The summed E-state index contributed by atoms with van der Waals surface area (Å²) in [5.74, 6) is -0.544. The van der Waals surface area contributed by atoms with Crippen LogP contribution in [0, 0.1) is 5.41 Å². The van der Waals surface area contributed by atoms with Crippen molar-refractivity contribution in [2.24, 2.45) is 5.41 Å². The van der Waals surface area contributed by atoms with E-state index in [0.717, 1.165) is 0 Å². The summed E-state index contributed by atoms with van der Waals surface area (Å²) in [6.07, 6.45) is 0.0559. The van der Waals surface area contributed by atoms with Crippen LogP contribution in [0.1, 0.15) is 20.3 Å². The van der Waals surface area contributed by atoms with Gasteiger partial charge in [-0.05, 0) is 13.8 Å². The number of alkyl halides is 2. The van der Waals surface area contributed by atoms with Crippen LogP contribution in [0.2, 0.25) is 0 Å². The number of halogens is 2. The molecule has 0 N–H and O–H groups in total. The Morgan fingerprint density at radius 1 is 1.82 bits per heavy atom. The predicted octanol–water partition coefficient (Wildman–Crippen LogP) is 1.86. The summed E-state index contributed by atoms with van der Waals surface area (Å²) < 4.78 is 17.5. The second-order valence-electron chi connectivity index (χ2n) is 2.93. The molecule has 2 unspecified atom stereocenters. The first kappa shape index (κ1) is 8.78.